The van der Waals surface area contributed by atoms with Gasteiger partial charge in [0.15, 0.2) is 5.65 Å². The smallest absolute Gasteiger partial charge is 0.155 e. The van der Waals surface area contributed by atoms with Gasteiger partial charge in [0, 0.05) is 27.8 Å². The van der Waals surface area contributed by atoms with Gasteiger partial charge in [0.1, 0.15) is 11.5 Å². The topological polar surface area (TPSA) is 68.6 Å². The number of aromatic nitrogens is 5. The summed E-state index contributed by atoms with van der Waals surface area (Å²) >= 11 is 0. The van der Waals surface area contributed by atoms with E-state index in [2.05, 4.69) is 25.9 Å². The molecule has 4 aromatic rings. The fourth-order valence-electron chi connectivity index (χ4n) is 4.23. The van der Waals surface area contributed by atoms with Crippen LogP contribution in [-0.4, -0.2) is 31.6 Å². The summed E-state index contributed by atoms with van der Waals surface area (Å²) in [5.74, 6) is -0.256. The highest BCUT2D eigenvalue weighted by atomic mass is 19.1. The summed E-state index contributed by atoms with van der Waals surface area (Å²) in [6, 6.07) is 8.59. The second-order valence-electron chi connectivity index (χ2n) is 7.75. The molecule has 1 spiro atoms. The lowest BCUT2D eigenvalue weighted by atomic mass is 9.96. The molecule has 0 atom stereocenters. The molecule has 1 N–H and O–H groups in total. The molecule has 1 aliphatic heterocycles. The van der Waals surface area contributed by atoms with Crippen molar-refractivity contribution in [1.82, 2.24) is 25.0 Å². The van der Waals surface area contributed by atoms with Crippen molar-refractivity contribution in [1.29, 1.82) is 0 Å². The number of nitrogens with one attached hydrogen (secondary N) is 1. The maximum atomic E-state index is 13.5. The van der Waals surface area contributed by atoms with E-state index in [9.17, 15) is 4.39 Å². The Morgan fingerprint density at radius 3 is 2.82 bits per heavy atom. The van der Waals surface area contributed by atoms with Crippen molar-refractivity contribution < 1.29 is 9.13 Å². The zero-order valence-corrected chi connectivity index (χ0v) is 15.4. The van der Waals surface area contributed by atoms with Crippen LogP contribution in [0.1, 0.15) is 24.2 Å². The first-order valence-corrected chi connectivity index (χ1v) is 9.42. The van der Waals surface area contributed by atoms with Crippen LogP contribution in [0.3, 0.4) is 0 Å². The third-order valence-electron chi connectivity index (χ3n) is 5.80. The van der Waals surface area contributed by atoms with Crippen LogP contribution in [0, 0.1) is 12.7 Å². The second kappa shape index (κ2) is 5.48. The molecule has 0 saturated heterocycles. The molecule has 7 heteroatoms. The number of fused-ring (bicyclic) bond motifs is 3. The largest absolute Gasteiger partial charge is 0.373 e. The Morgan fingerprint density at radius 1 is 1.21 bits per heavy atom. The van der Waals surface area contributed by atoms with Crippen LogP contribution in [0.25, 0.3) is 33.4 Å². The van der Waals surface area contributed by atoms with E-state index in [0.29, 0.717) is 13.2 Å². The summed E-state index contributed by atoms with van der Waals surface area (Å²) in [6.07, 6.45) is 3.94. The summed E-state index contributed by atoms with van der Waals surface area (Å²) < 4.78 is 21.7. The lowest BCUT2D eigenvalue weighted by Crippen LogP contribution is -2.31. The number of pyridine rings is 1. The number of halogens is 1. The lowest BCUT2D eigenvalue weighted by Gasteiger charge is -2.25. The van der Waals surface area contributed by atoms with Crippen molar-refractivity contribution in [2.75, 3.05) is 6.61 Å². The Kier molecular flexibility index (Phi) is 3.12. The molecule has 0 radical (unpaired) electrons. The molecule has 1 aromatic carbocycles. The van der Waals surface area contributed by atoms with Crippen LogP contribution in [0.2, 0.25) is 0 Å². The predicted molar refractivity (Wildman–Crippen MR) is 102 cm³/mol. The third-order valence-corrected chi connectivity index (χ3v) is 5.80. The summed E-state index contributed by atoms with van der Waals surface area (Å²) in [4.78, 5) is 4.55. The van der Waals surface area contributed by atoms with E-state index in [4.69, 9.17) is 9.84 Å². The van der Waals surface area contributed by atoms with E-state index in [1.165, 1.54) is 12.1 Å². The van der Waals surface area contributed by atoms with Gasteiger partial charge in [-0.1, -0.05) is 0 Å². The molecule has 1 aliphatic carbocycles. The quantitative estimate of drug-likeness (QED) is 0.576. The first-order chi connectivity index (χ1) is 13.6. The summed E-state index contributed by atoms with van der Waals surface area (Å²) in [7, 11) is 0. The van der Waals surface area contributed by atoms with Crippen LogP contribution in [0.4, 0.5) is 4.39 Å². The Balaban J connectivity index is 1.69. The van der Waals surface area contributed by atoms with Gasteiger partial charge in [-0.05, 0) is 50.1 Å². The number of ether oxygens (including phenoxy) is 1. The first kappa shape index (κ1) is 15.9. The average molecular weight is 375 g/mol. The van der Waals surface area contributed by atoms with E-state index in [0.717, 1.165) is 57.6 Å². The molecule has 6 rings (SSSR count). The molecule has 3 aromatic heterocycles. The van der Waals surface area contributed by atoms with E-state index in [1.54, 1.807) is 18.3 Å². The van der Waals surface area contributed by atoms with Crippen LogP contribution in [0.15, 0.2) is 36.5 Å². The van der Waals surface area contributed by atoms with E-state index >= 15 is 0 Å². The first-order valence-electron chi connectivity index (χ1n) is 9.42. The lowest BCUT2D eigenvalue weighted by molar-refractivity contribution is 0.0414. The van der Waals surface area contributed by atoms with Gasteiger partial charge in [0.25, 0.3) is 0 Å². The van der Waals surface area contributed by atoms with E-state index < -0.39 is 0 Å². The number of H-pyrrole nitrogens is 1. The van der Waals surface area contributed by atoms with Gasteiger partial charge in [-0.3, -0.25) is 9.78 Å². The molecule has 0 amide bonds. The number of hydrogen-bond acceptors (Lipinski definition) is 4. The van der Waals surface area contributed by atoms with Crippen molar-refractivity contribution in [3.63, 3.8) is 0 Å². The number of nitrogens with zero attached hydrogens (tertiary/aromatic N) is 4. The number of hydrogen-bond donors (Lipinski definition) is 1. The summed E-state index contributed by atoms with van der Waals surface area (Å²) in [6.45, 7) is 3.17. The van der Waals surface area contributed by atoms with Crippen LogP contribution < -0.4 is 0 Å². The Labute approximate surface area is 160 Å². The minimum Gasteiger partial charge on any atom is -0.373 e. The summed E-state index contributed by atoms with van der Waals surface area (Å²) in [5.41, 5.74) is 6.47. The number of benzene rings is 1. The van der Waals surface area contributed by atoms with Crippen molar-refractivity contribution in [3.05, 3.63) is 53.7 Å². The highest BCUT2D eigenvalue weighted by Crippen LogP contribution is 2.50. The second-order valence-corrected chi connectivity index (χ2v) is 7.75. The van der Waals surface area contributed by atoms with E-state index in [1.807, 2.05) is 6.92 Å². The van der Waals surface area contributed by atoms with Crippen LogP contribution in [0.5, 0.6) is 0 Å². The highest BCUT2D eigenvalue weighted by molar-refractivity contribution is 5.97. The van der Waals surface area contributed by atoms with Gasteiger partial charge in [0.2, 0.25) is 0 Å². The Bertz CT molecular complexity index is 1220. The molecule has 4 heterocycles. The Morgan fingerprint density at radius 2 is 2.04 bits per heavy atom. The molecule has 1 fully saturated rings. The summed E-state index contributed by atoms with van der Waals surface area (Å²) in [5, 5.41) is 13.1. The normalized spacial score (nSPS) is 17.2. The van der Waals surface area contributed by atoms with Crippen molar-refractivity contribution >= 4 is 11.0 Å². The molecule has 0 unspecified atom stereocenters. The molecule has 0 bridgehead atoms. The molecule has 1 saturated carbocycles. The monoisotopic (exact) mass is 375 g/mol. The van der Waals surface area contributed by atoms with Gasteiger partial charge >= 0.3 is 0 Å². The number of aryl methyl sites for hydroxylation is 1. The van der Waals surface area contributed by atoms with E-state index in [-0.39, 0.29) is 11.4 Å². The molecule has 2 aliphatic rings. The minimum absolute atomic E-state index is 0.0296. The van der Waals surface area contributed by atoms with Crippen molar-refractivity contribution in [3.8, 4) is 22.4 Å². The highest BCUT2D eigenvalue weighted by Gasteiger charge is 2.50. The maximum absolute atomic E-state index is 13.5. The van der Waals surface area contributed by atoms with Gasteiger partial charge in [-0.15, -0.1) is 0 Å². The van der Waals surface area contributed by atoms with Gasteiger partial charge in [-0.25, -0.2) is 9.37 Å². The fourth-order valence-corrected chi connectivity index (χ4v) is 4.23. The van der Waals surface area contributed by atoms with Gasteiger partial charge in [-0.2, -0.15) is 10.2 Å². The zero-order valence-electron chi connectivity index (χ0n) is 15.4. The zero-order chi connectivity index (χ0) is 18.9. The van der Waals surface area contributed by atoms with Crippen molar-refractivity contribution in [2.45, 2.75) is 31.9 Å². The molecular formula is C21H18FN5O. The standard InChI is InChI=1S/C21H18FN5O/c1-12-8-15(16-9-23-25-20(16)24-12)18-17-10-28-11-21(6-7-21)27(17)26-19(18)13-2-4-14(22)5-3-13/h2-5,8-9H,6-7,10-11H2,1H3,(H,23,24,25). The van der Waals surface area contributed by atoms with Gasteiger partial charge < -0.3 is 4.74 Å². The number of aromatic amines is 1. The third kappa shape index (κ3) is 2.19. The minimum atomic E-state index is -0.256. The van der Waals surface area contributed by atoms with Gasteiger partial charge in [0.05, 0.1) is 30.6 Å². The predicted octanol–water partition coefficient (Wildman–Crippen LogP) is 3.96. The van der Waals surface area contributed by atoms with Crippen molar-refractivity contribution in [2.24, 2.45) is 0 Å². The maximum Gasteiger partial charge on any atom is 0.155 e. The number of rotatable bonds is 2. The Hall–Kier alpha value is -3.06. The molecule has 6 nitrogen and oxygen atoms in total. The SMILES string of the molecule is Cc1cc(-c2c(-c3ccc(F)cc3)nn3c2COCC32CC2)c2cn[nH]c2n1. The average Bonchev–Trinajstić information content (AvgIpc) is 3.12. The van der Waals surface area contributed by atoms with Crippen LogP contribution >= 0.6 is 0 Å². The molecular weight excluding hydrogens is 357 g/mol. The fraction of sp³-hybridized carbons (Fsp3) is 0.286. The molecule has 28 heavy (non-hydrogen) atoms. The molecule has 140 valence electrons. The van der Waals surface area contributed by atoms with Crippen LogP contribution in [-0.2, 0) is 16.9 Å².